The molecule has 7 heteroatoms. The van der Waals surface area contributed by atoms with Gasteiger partial charge in [-0.05, 0) is 82.6 Å². The molecule has 1 heterocycles. The van der Waals surface area contributed by atoms with Crippen LogP contribution in [-0.2, 0) is 11.4 Å². The number of halogens is 1. The van der Waals surface area contributed by atoms with Crippen LogP contribution in [-0.4, -0.2) is 30.0 Å². The van der Waals surface area contributed by atoms with Gasteiger partial charge in [-0.25, -0.2) is 4.79 Å². The molecule has 3 aromatic carbocycles. The first-order chi connectivity index (χ1) is 15.5. The fourth-order valence-corrected chi connectivity index (χ4v) is 4.36. The molecule has 0 spiro atoms. The van der Waals surface area contributed by atoms with E-state index in [1.807, 2.05) is 31.2 Å². The zero-order valence-electron chi connectivity index (χ0n) is 17.9. The average molecular weight is 542 g/mol. The molecule has 164 valence electrons. The SMILES string of the molecule is CCOc1cc(/C=C2/NC(=O)N(CC)C2=O)cc(I)c1OCc1ccc2ccccc2c1. The topological polar surface area (TPSA) is 67.9 Å². The van der Waals surface area contributed by atoms with E-state index in [1.165, 1.54) is 15.7 Å². The molecule has 0 aromatic heterocycles. The zero-order chi connectivity index (χ0) is 22.7. The van der Waals surface area contributed by atoms with Crippen molar-refractivity contribution in [3.05, 3.63) is 75.0 Å². The van der Waals surface area contributed by atoms with Crippen LogP contribution in [0.15, 0.2) is 60.3 Å². The van der Waals surface area contributed by atoms with Crippen molar-refractivity contribution < 1.29 is 19.1 Å². The van der Waals surface area contributed by atoms with Crippen LogP contribution in [0.25, 0.3) is 16.8 Å². The van der Waals surface area contributed by atoms with Crippen LogP contribution >= 0.6 is 22.6 Å². The van der Waals surface area contributed by atoms with Crippen LogP contribution in [0.5, 0.6) is 11.5 Å². The minimum Gasteiger partial charge on any atom is -0.490 e. The van der Waals surface area contributed by atoms with E-state index in [0.717, 1.165) is 14.7 Å². The maximum absolute atomic E-state index is 12.4. The van der Waals surface area contributed by atoms with Crippen molar-refractivity contribution in [2.75, 3.05) is 13.2 Å². The van der Waals surface area contributed by atoms with Gasteiger partial charge in [-0.15, -0.1) is 0 Å². The fraction of sp³-hybridized carbons (Fsp3) is 0.200. The van der Waals surface area contributed by atoms with E-state index >= 15 is 0 Å². The zero-order valence-corrected chi connectivity index (χ0v) is 20.0. The molecule has 0 bridgehead atoms. The molecule has 1 aliphatic heterocycles. The Balaban J connectivity index is 1.59. The van der Waals surface area contributed by atoms with Gasteiger partial charge in [-0.2, -0.15) is 0 Å². The lowest BCUT2D eigenvalue weighted by Crippen LogP contribution is -2.30. The van der Waals surface area contributed by atoms with Gasteiger partial charge in [0, 0.05) is 6.54 Å². The Morgan fingerprint density at radius 3 is 2.50 bits per heavy atom. The Morgan fingerprint density at radius 1 is 1.00 bits per heavy atom. The van der Waals surface area contributed by atoms with Crippen LogP contribution < -0.4 is 14.8 Å². The predicted octanol–water partition coefficient (Wildman–Crippen LogP) is 5.33. The van der Waals surface area contributed by atoms with Crippen molar-refractivity contribution >= 4 is 51.4 Å². The van der Waals surface area contributed by atoms with Crippen molar-refractivity contribution in [2.45, 2.75) is 20.5 Å². The summed E-state index contributed by atoms with van der Waals surface area (Å²) in [7, 11) is 0. The van der Waals surface area contributed by atoms with Crippen molar-refractivity contribution in [1.29, 1.82) is 0 Å². The van der Waals surface area contributed by atoms with Gasteiger partial charge in [0.25, 0.3) is 5.91 Å². The number of nitrogens with zero attached hydrogens (tertiary/aromatic N) is 1. The van der Waals surface area contributed by atoms with E-state index < -0.39 is 6.03 Å². The number of carbonyl (C=O) groups is 2. The largest absolute Gasteiger partial charge is 0.490 e. The summed E-state index contributed by atoms with van der Waals surface area (Å²) in [5.41, 5.74) is 2.06. The lowest BCUT2D eigenvalue weighted by Gasteiger charge is -2.15. The summed E-state index contributed by atoms with van der Waals surface area (Å²) >= 11 is 2.20. The summed E-state index contributed by atoms with van der Waals surface area (Å²) in [4.78, 5) is 25.5. The van der Waals surface area contributed by atoms with Gasteiger partial charge in [-0.3, -0.25) is 9.69 Å². The minimum atomic E-state index is -0.404. The number of amides is 3. The molecule has 3 amide bonds. The second-order valence-corrected chi connectivity index (χ2v) is 8.43. The lowest BCUT2D eigenvalue weighted by molar-refractivity contribution is -0.122. The Hall–Kier alpha value is -3.07. The molecular formula is C25H23IN2O4. The molecule has 0 radical (unpaired) electrons. The number of rotatable bonds is 7. The van der Waals surface area contributed by atoms with E-state index in [-0.39, 0.29) is 11.6 Å². The summed E-state index contributed by atoms with van der Waals surface area (Å²) < 4.78 is 12.8. The summed E-state index contributed by atoms with van der Waals surface area (Å²) in [5, 5.41) is 4.98. The number of fused-ring (bicyclic) bond motifs is 1. The highest BCUT2D eigenvalue weighted by atomic mass is 127. The molecule has 1 fully saturated rings. The smallest absolute Gasteiger partial charge is 0.328 e. The average Bonchev–Trinajstić information content (AvgIpc) is 3.05. The number of carbonyl (C=O) groups excluding carboxylic acids is 2. The van der Waals surface area contributed by atoms with Crippen molar-refractivity contribution in [2.24, 2.45) is 0 Å². The highest BCUT2D eigenvalue weighted by molar-refractivity contribution is 14.1. The number of nitrogens with one attached hydrogen (secondary N) is 1. The third-order valence-electron chi connectivity index (χ3n) is 5.12. The van der Waals surface area contributed by atoms with Crippen molar-refractivity contribution in [3.63, 3.8) is 0 Å². The van der Waals surface area contributed by atoms with Crippen LogP contribution in [0.3, 0.4) is 0 Å². The number of hydrogen-bond donors (Lipinski definition) is 1. The molecule has 0 aliphatic carbocycles. The first-order valence-corrected chi connectivity index (χ1v) is 11.5. The van der Waals surface area contributed by atoms with Gasteiger partial charge in [0.05, 0.1) is 10.2 Å². The third kappa shape index (κ3) is 4.57. The monoisotopic (exact) mass is 542 g/mol. The van der Waals surface area contributed by atoms with Gasteiger partial charge in [-0.1, -0.05) is 36.4 Å². The van der Waals surface area contributed by atoms with Gasteiger partial charge in [0.2, 0.25) is 0 Å². The Bertz CT molecular complexity index is 1220. The minimum absolute atomic E-state index is 0.250. The van der Waals surface area contributed by atoms with E-state index in [0.29, 0.717) is 31.3 Å². The first-order valence-electron chi connectivity index (χ1n) is 10.4. The number of ether oxygens (including phenoxy) is 2. The number of imide groups is 1. The second kappa shape index (κ2) is 9.60. The number of likely N-dealkylation sites (N-methyl/N-ethyl adjacent to an activating group) is 1. The summed E-state index contributed by atoms with van der Waals surface area (Å²) in [5.74, 6) is 0.915. The van der Waals surface area contributed by atoms with Gasteiger partial charge in [0.15, 0.2) is 11.5 Å². The lowest BCUT2D eigenvalue weighted by atomic mass is 10.1. The van der Waals surface area contributed by atoms with Crippen molar-refractivity contribution in [3.8, 4) is 11.5 Å². The summed E-state index contributed by atoms with van der Waals surface area (Å²) in [6, 6.07) is 17.8. The maximum Gasteiger partial charge on any atom is 0.328 e. The molecule has 1 saturated heterocycles. The third-order valence-corrected chi connectivity index (χ3v) is 5.92. The quantitative estimate of drug-likeness (QED) is 0.249. The molecule has 32 heavy (non-hydrogen) atoms. The molecule has 0 atom stereocenters. The molecule has 0 saturated carbocycles. The Labute approximate surface area is 200 Å². The second-order valence-electron chi connectivity index (χ2n) is 7.27. The van der Waals surface area contributed by atoms with Crippen LogP contribution in [0.2, 0.25) is 0 Å². The molecule has 4 rings (SSSR count). The summed E-state index contributed by atoms with van der Waals surface area (Å²) in [6.45, 7) is 4.87. The van der Waals surface area contributed by atoms with E-state index in [1.54, 1.807) is 13.0 Å². The predicted molar refractivity (Wildman–Crippen MR) is 133 cm³/mol. The Kier molecular flexibility index (Phi) is 6.64. The van der Waals surface area contributed by atoms with Crippen LogP contribution in [0, 0.1) is 3.57 Å². The van der Waals surface area contributed by atoms with Gasteiger partial charge >= 0.3 is 6.03 Å². The summed E-state index contributed by atoms with van der Waals surface area (Å²) in [6.07, 6.45) is 1.66. The molecular weight excluding hydrogens is 519 g/mol. The number of benzene rings is 3. The molecule has 6 nitrogen and oxygen atoms in total. The standard InChI is InChI=1S/C25H23IN2O4/c1-3-28-24(29)21(27-25(28)30)13-17-12-20(26)23(22(14-17)31-4-2)32-15-16-9-10-18-7-5-6-8-19(18)11-16/h5-14H,3-4,15H2,1-2H3,(H,27,30)/b21-13+. The first kappa shape index (κ1) is 22.1. The fourth-order valence-electron chi connectivity index (χ4n) is 3.58. The highest BCUT2D eigenvalue weighted by Gasteiger charge is 2.32. The molecule has 0 unspecified atom stereocenters. The maximum atomic E-state index is 12.4. The number of urea groups is 1. The number of hydrogen-bond acceptors (Lipinski definition) is 4. The van der Waals surface area contributed by atoms with E-state index in [2.05, 4.69) is 58.2 Å². The molecule has 1 aliphatic rings. The normalized spacial score (nSPS) is 14.8. The molecule has 1 N–H and O–H groups in total. The van der Waals surface area contributed by atoms with E-state index in [9.17, 15) is 9.59 Å². The van der Waals surface area contributed by atoms with Crippen LogP contribution in [0.4, 0.5) is 4.79 Å². The molecule has 3 aromatic rings. The van der Waals surface area contributed by atoms with Crippen molar-refractivity contribution in [1.82, 2.24) is 10.2 Å². The van der Waals surface area contributed by atoms with Gasteiger partial charge in [0.1, 0.15) is 12.3 Å². The van der Waals surface area contributed by atoms with Gasteiger partial charge < -0.3 is 14.8 Å². The van der Waals surface area contributed by atoms with Crippen LogP contribution in [0.1, 0.15) is 25.0 Å². The highest BCUT2D eigenvalue weighted by Crippen LogP contribution is 2.36. The Morgan fingerprint density at radius 2 is 1.78 bits per heavy atom. The van der Waals surface area contributed by atoms with E-state index in [4.69, 9.17) is 9.47 Å².